The molecule has 30 heavy (non-hydrogen) atoms. The Morgan fingerprint density at radius 3 is 2.50 bits per heavy atom. The third kappa shape index (κ3) is 3.72. The second kappa shape index (κ2) is 8.04. The first kappa shape index (κ1) is 20.9. The molecule has 2 fully saturated rings. The van der Waals surface area contributed by atoms with Crippen molar-refractivity contribution in [1.29, 1.82) is 0 Å². The van der Waals surface area contributed by atoms with E-state index in [1.807, 2.05) is 12.0 Å². The number of ether oxygens (including phenoxy) is 2. The van der Waals surface area contributed by atoms with Crippen LogP contribution >= 0.6 is 0 Å². The molecule has 1 aliphatic carbocycles. The molecule has 0 radical (unpaired) electrons. The van der Waals surface area contributed by atoms with Gasteiger partial charge in [0, 0.05) is 13.1 Å². The lowest BCUT2D eigenvalue weighted by Gasteiger charge is -2.38. The number of rotatable bonds is 5. The number of hydroxylamine groups is 2. The predicted octanol–water partition coefficient (Wildman–Crippen LogP) is 3.59. The quantitative estimate of drug-likeness (QED) is 0.742. The predicted molar refractivity (Wildman–Crippen MR) is 112 cm³/mol. The zero-order chi connectivity index (χ0) is 21.5. The normalized spacial score (nSPS) is 21.1. The monoisotopic (exact) mass is 414 g/mol. The Kier molecular flexibility index (Phi) is 5.59. The highest BCUT2D eigenvalue weighted by Crippen LogP contribution is 2.46. The smallest absolute Gasteiger partial charge is 0.434 e. The third-order valence-electron chi connectivity index (χ3n) is 6.42. The van der Waals surface area contributed by atoms with E-state index in [2.05, 4.69) is 24.4 Å². The second-order valence-corrected chi connectivity index (χ2v) is 8.44. The van der Waals surface area contributed by atoms with Crippen LogP contribution in [0.1, 0.15) is 60.8 Å². The third-order valence-corrected chi connectivity index (χ3v) is 6.42. The molecule has 1 amide bonds. The van der Waals surface area contributed by atoms with Crippen molar-refractivity contribution in [3.05, 3.63) is 40.1 Å². The molecule has 7 heteroatoms. The molecule has 0 unspecified atom stereocenters. The van der Waals surface area contributed by atoms with Crippen LogP contribution in [0.2, 0.25) is 0 Å². The van der Waals surface area contributed by atoms with E-state index in [4.69, 9.17) is 14.3 Å². The minimum atomic E-state index is -0.776. The van der Waals surface area contributed by atoms with Crippen LogP contribution in [0.3, 0.4) is 0 Å². The summed E-state index contributed by atoms with van der Waals surface area (Å²) in [6.45, 7) is 7.31. The van der Waals surface area contributed by atoms with Gasteiger partial charge in [-0.05, 0) is 74.6 Å². The van der Waals surface area contributed by atoms with Gasteiger partial charge in [0.15, 0.2) is 5.76 Å². The van der Waals surface area contributed by atoms with E-state index in [0.29, 0.717) is 43.2 Å². The van der Waals surface area contributed by atoms with Crippen molar-refractivity contribution in [3.8, 4) is 0 Å². The molecule has 1 spiro atoms. The first-order chi connectivity index (χ1) is 14.4. The summed E-state index contributed by atoms with van der Waals surface area (Å²) >= 11 is 0. The van der Waals surface area contributed by atoms with Gasteiger partial charge in [-0.25, -0.2) is 4.79 Å². The molecular formula is C23H30N2O5. The van der Waals surface area contributed by atoms with Gasteiger partial charge in [0.25, 0.3) is 5.91 Å². The summed E-state index contributed by atoms with van der Waals surface area (Å²) in [5.74, 6) is 0.743. The van der Waals surface area contributed by atoms with Crippen LogP contribution in [0.5, 0.6) is 0 Å². The zero-order valence-electron chi connectivity index (χ0n) is 18.2. The van der Waals surface area contributed by atoms with Crippen LogP contribution in [0.4, 0.5) is 4.79 Å². The van der Waals surface area contributed by atoms with Crippen molar-refractivity contribution in [2.45, 2.75) is 57.9 Å². The maximum Gasteiger partial charge on any atom is 0.513 e. The molecule has 2 aliphatic heterocycles. The van der Waals surface area contributed by atoms with E-state index in [1.54, 1.807) is 14.0 Å². The maximum absolute atomic E-state index is 13.2. The Hall–Kier alpha value is -2.38. The van der Waals surface area contributed by atoms with E-state index in [0.717, 1.165) is 11.1 Å². The van der Waals surface area contributed by atoms with Crippen molar-refractivity contribution < 1.29 is 23.9 Å². The van der Waals surface area contributed by atoms with Crippen molar-refractivity contribution in [2.75, 3.05) is 26.8 Å². The van der Waals surface area contributed by atoms with E-state index in [1.165, 1.54) is 24.0 Å². The largest absolute Gasteiger partial charge is 0.513 e. The van der Waals surface area contributed by atoms with Crippen LogP contribution in [0.15, 0.2) is 17.9 Å². The first-order valence-electron chi connectivity index (χ1n) is 10.7. The average molecular weight is 415 g/mol. The Bertz CT molecular complexity index is 895. The van der Waals surface area contributed by atoms with Gasteiger partial charge < -0.3 is 19.6 Å². The van der Waals surface area contributed by atoms with Crippen molar-refractivity contribution in [1.82, 2.24) is 10.4 Å². The Morgan fingerprint density at radius 2 is 1.90 bits per heavy atom. The summed E-state index contributed by atoms with van der Waals surface area (Å²) in [4.78, 5) is 30.9. The van der Waals surface area contributed by atoms with Crippen LogP contribution < -0.4 is 5.32 Å². The highest BCUT2D eigenvalue weighted by molar-refractivity contribution is 6.24. The molecule has 0 atom stereocenters. The zero-order valence-corrected chi connectivity index (χ0v) is 18.2. The number of carbonyl (C=O) groups is 2. The number of amides is 1. The molecular weight excluding hydrogens is 384 g/mol. The Morgan fingerprint density at radius 1 is 1.20 bits per heavy atom. The number of hydrogen-bond donors (Lipinski definition) is 1. The number of benzene rings is 1. The lowest BCUT2D eigenvalue weighted by atomic mass is 9.85. The van der Waals surface area contributed by atoms with Gasteiger partial charge in [-0.3, -0.25) is 4.79 Å². The van der Waals surface area contributed by atoms with Crippen molar-refractivity contribution >= 4 is 17.6 Å². The number of nitrogens with one attached hydrogen (secondary N) is 1. The fraction of sp³-hybridized carbons (Fsp3) is 0.565. The van der Waals surface area contributed by atoms with Crippen LogP contribution in [0.25, 0.3) is 5.57 Å². The maximum atomic E-state index is 13.2. The van der Waals surface area contributed by atoms with E-state index in [-0.39, 0.29) is 12.5 Å². The number of piperidine rings is 1. The SMILES string of the molecule is CCOC(=O)OC1=C(c2cc(C3CC3)c(C)cc2C)C(=O)NC12CCN(OC)CC2. The summed E-state index contributed by atoms with van der Waals surface area (Å²) < 4.78 is 10.8. The summed E-state index contributed by atoms with van der Waals surface area (Å²) in [6.07, 6.45) is 2.76. The molecule has 1 saturated heterocycles. The van der Waals surface area contributed by atoms with Gasteiger partial charge in [-0.2, -0.15) is 5.06 Å². The lowest BCUT2D eigenvalue weighted by molar-refractivity contribution is -0.152. The van der Waals surface area contributed by atoms with Crippen molar-refractivity contribution in [3.63, 3.8) is 0 Å². The minimum Gasteiger partial charge on any atom is -0.434 e. The number of carbonyl (C=O) groups excluding carboxylic acids is 2. The van der Waals surface area contributed by atoms with Gasteiger partial charge in [0.2, 0.25) is 0 Å². The molecule has 0 bridgehead atoms. The van der Waals surface area contributed by atoms with Crippen molar-refractivity contribution in [2.24, 2.45) is 0 Å². The average Bonchev–Trinajstić information content (AvgIpc) is 3.51. The number of aryl methyl sites for hydroxylation is 2. The van der Waals surface area contributed by atoms with Crippen LogP contribution in [-0.4, -0.2) is 49.5 Å². The molecule has 162 valence electrons. The second-order valence-electron chi connectivity index (χ2n) is 8.44. The molecule has 2 heterocycles. The highest BCUT2D eigenvalue weighted by atomic mass is 16.7. The topological polar surface area (TPSA) is 77.1 Å². The molecule has 4 rings (SSSR count). The van der Waals surface area contributed by atoms with Gasteiger partial charge in [0.1, 0.15) is 5.54 Å². The molecule has 1 saturated carbocycles. The van der Waals surface area contributed by atoms with Gasteiger partial charge in [0.05, 0.1) is 19.3 Å². The highest BCUT2D eigenvalue weighted by Gasteiger charge is 2.50. The molecule has 7 nitrogen and oxygen atoms in total. The van der Waals surface area contributed by atoms with E-state index < -0.39 is 11.7 Å². The van der Waals surface area contributed by atoms with Crippen LogP contribution in [0, 0.1) is 13.8 Å². The molecule has 1 aromatic carbocycles. The van der Waals surface area contributed by atoms with Crippen LogP contribution in [-0.2, 0) is 19.1 Å². The lowest BCUT2D eigenvalue weighted by Crippen LogP contribution is -2.53. The summed E-state index contributed by atoms with van der Waals surface area (Å²) in [5.41, 5.74) is 4.08. The fourth-order valence-corrected chi connectivity index (χ4v) is 4.68. The molecule has 3 aliphatic rings. The number of nitrogens with zero attached hydrogens (tertiary/aromatic N) is 1. The molecule has 1 aromatic rings. The summed E-state index contributed by atoms with van der Waals surface area (Å²) in [6, 6.07) is 4.25. The Balaban J connectivity index is 1.81. The van der Waals surface area contributed by atoms with E-state index in [9.17, 15) is 9.59 Å². The van der Waals surface area contributed by atoms with Gasteiger partial charge in [-0.1, -0.05) is 12.1 Å². The molecule has 1 N–H and O–H groups in total. The van der Waals surface area contributed by atoms with E-state index >= 15 is 0 Å². The Labute approximate surface area is 177 Å². The number of hydrogen-bond acceptors (Lipinski definition) is 6. The molecule has 0 aromatic heterocycles. The van der Waals surface area contributed by atoms with Gasteiger partial charge >= 0.3 is 6.16 Å². The standard InChI is InChI=1S/C23H30N2O5/c1-5-29-22(27)30-20-19(18-13-17(16-6-7-16)14(2)12-15(18)3)21(26)24-23(20)8-10-25(28-4)11-9-23/h12-13,16H,5-11H2,1-4H3,(H,24,26). The summed E-state index contributed by atoms with van der Waals surface area (Å²) in [7, 11) is 1.64. The van der Waals surface area contributed by atoms with Gasteiger partial charge in [-0.15, -0.1) is 0 Å². The first-order valence-corrected chi connectivity index (χ1v) is 10.7. The summed E-state index contributed by atoms with van der Waals surface area (Å²) in [5, 5.41) is 4.99. The fourth-order valence-electron chi connectivity index (χ4n) is 4.68. The minimum absolute atomic E-state index is 0.200.